The number of rotatable bonds is 7. The van der Waals surface area contributed by atoms with Crippen LogP contribution in [0.1, 0.15) is 38.8 Å². The highest BCUT2D eigenvalue weighted by molar-refractivity contribution is 5.37. The van der Waals surface area contributed by atoms with E-state index in [1.807, 2.05) is 39.8 Å². The van der Waals surface area contributed by atoms with E-state index in [1.54, 1.807) is 7.11 Å². The highest BCUT2D eigenvalue weighted by Gasteiger charge is 2.07. The van der Waals surface area contributed by atoms with E-state index >= 15 is 0 Å². The van der Waals surface area contributed by atoms with Gasteiger partial charge < -0.3 is 14.2 Å². The predicted octanol–water partition coefficient (Wildman–Crippen LogP) is 3.55. The second kappa shape index (κ2) is 7.39. The second-order valence-electron chi connectivity index (χ2n) is 4.90. The molecule has 1 aromatic rings. The largest absolute Gasteiger partial charge is 0.491 e. The summed E-state index contributed by atoms with van der Waals surface area (Å²) in [5.41, 5.74) is 2.21. The van der Waals surface area contributed by atoms with Crippen molar-refractivity contribution in [3.63, 3.8) is 0 Å². The maximum absolute atomic E-state index is 5.76. The number of methoxy groups -OCH3 is 1. The van der Waals surface area contributed by atoms with E-state index in [2.05, 4.69) is 6.07 Å². The Kier molecular flexibility index (Phi) is 6.16. The highest BCUT2D eigenvalue weighted by Crippen LogP contribution is 2.23. The minimum Gasteiger partial charge on any atom is -0.491 e. The van der Waals surface area contributed by atoms with Crippen molar-refractivity contribution in [2.24, 2.45) is 0 Å². The van der Waals surface area contributed by atoms with Crippen molar-refractivity contribution < 1.29 is 14.2 Å². The van der Waals surface area contributed by atoms with Crippen LogP contribution in [0.2, 0.25) is 0 Å². The quantitative estimate of drug-likeness (QED) is 0.743. The van der Waals surface area contributed by atoms with Gasteiger partial charge in [-0.15, -0.1) is 0 Å². The lowest BCUT2D eigenvalue weighted by Gasteiger charge is -2.15. The Morgan fingerprint density at radius 2 is 1.72 bits per heavy atom. The number of benzene rings is 1. The molecule has 0 aliphatic carbocycles. The van der Waals surface area contributed by atoms with E-state index in [-0.39, 0.29) is 12.2 Å². The summed E-state index contributed by atoms with van der Waals surface area (Å²) >= 11 is 0. The van der Waals surface area contributed by atoms with Crippen LogP contribution >= 0.6 is 0 Å². The number of ether oxygens (including phenoxy) is 3. The van der Waals surface area contributed by atoms with E-state index in [1.165, 1.54) is 0 Å². The summed E-state index contributed by atoms with van der Waals surface area (Å²) in [6, 6.07) is 6.12. The normalized spacial score (nSPS) is 11.3. The van der Waals surface area contributed by atoms with Crippen LogP contribution in [-0.2, 0) is 22.7 Å². The standard InChI is InChI=1S/C15H24O3/c1-11(2)17-9-13-6-7-15(18-12(3)4)14(8-13)10-16-5/h6-8,11-12H,9-10H2,1-5H3. The molecule has 0 amide bonds. The van der Waals surface area contributed by atoms with Gasteiger partial charge >= 0.3 is 0 Å². The third-order valence-corrected chi connectivity index (χ3v) is 2.37. The Hall–Kier alpha value is -1.06. The molecule has 0 bridgehead atoms. The summed E-state index contributed by atoms with van der Waals surface area (Å²) in [5, 5.41) is 0. The van der Waals surface area contributed by atoms with Gasteiger partial charge in [0.15, 0.2) is 0 Å². The third kappa shape index (κ3) is 5.07. The lowest BCUT2D eigenvalue weighted by molar-refractivity contribution is 0.0655. The molecule has 0 unspecified atom stereocenters. The van der Waals surface area contributed by atoms with E-state index < -0.39 is 0 Å². The van der Waals surface area contributed by atoms with Crippen LogP contribution in [0, 0.1) is 0 Å². The molecule has 102 valence electrons. The van der Waals surface area contributed by atoms with Crippen LogP contribution in [0.25, 0.3) is 0 Å². The summed E-state index contributed by atoms with van der Waals surface area (Å²) < 4.78 is 16.6. The van der Waals surface area contributed by atoms with Gasteiger partial charge in [-0.25, -0.2) is 0 Å². The Morgan fingerprint density at radius 3 is 2.28 bits per heavy atom. The molecule has 0 aliphatic heterocycles. The van der Waals surface area contributed by atoms with Crippen LogP contribution < -0.4 is 4.74 Å². The molecule has 1 rings (SSSR count). The zero-order chi connectivity index (χ0) is 13.5. The fourth-order valence-electron chi connectivity index (χ4n) is 1.62. The van der Waals surface area contributed by atoms with Gasteiger partial charge in [0.1, 0.15) is 5.75 Å². The van der Waals surface area contributed by atoms with Crippen LogP contribution in [0.4, 0.5) is 0 Å². The van der Waals surface area contributed by atoms with Gasteiger partial charge in [0.05, 0.1) is 25.4 Å². The summed E-state index contributed by atoms with van der Waals surface area (Å²) in [7, 11) is 1.69. The fourth-order valence-corrected chi connectivity index (χ4v) is 1.62. The number of hydrogen-bond donors (Lipinski definition) is 0. The summed E-state index contributed by atoms with van der Waals surface area (Å²) in [4.78, 5) is 0. The molecule has 0 radical (unpaired) electrons. The highest BCUT2D eigenvalue weighted by atomic mass is 16.5. The van der Waals surface area contributed by atoms with Crippen molar-refractivity contribution in [1.29, 1.82) is 0 Å². The van der Waals surface area contributed by atoms with Gasteiger partial charge in [0.2, 0.25) is 0 Å². The molecule has 0 spiro atoms. The Balaban J connectivity index is 2.81. The average Bonchev–Trinajstić information content (AvgIpc) is 2.29. The Labute approximate surface area is 110 Å². The zero-order valence-corrected chi connectivity index (χ0v) is 12.0. The molecule has 0 atom stereocenters. The van der Waals surface area contributed by atoms with Gasteiger partial charge in [-0.05, 0) is 45.4 Å². The van der Waals surface area contributed by atoms with Crippen LogP contribution in [0.5, 0.6) is 5.75 Å². The molecule has 0 saturated heterocycles. The van der Waals surface area contributed by atoms with Gasteiger partial charge in [-0.2, -0.15) is 0 Å². The van der Waals surface area contributed by atoms with Crippen molar-refractivity contribution in [1.82, 2.24) is 0 Å². The molecule has 0 heterocycles. The van der Waals surface area contributed by atoms with E-state index in [0.717, 1.165) is 16.9 Å². The number of hydrogen-bond acceptors (Lipinski definition) is 3. The average molecular weight is 252 g/mol. The van der Waals surface area contributed by atoms with Crippen LogP contribution in [0.15, 0.2) is 18.2 Å². The first-order valence-corrected chi connectivity index (χ1v) is 6.42. The molecule has 0 saturated carbocycles. The summed E-state index contributed by atoms with van der Waals surface area (Å²) in [5.74, 6) is 0.889. The second-order valence-corrected chi connectivity index (χ2v) is 4.90. The van der Waals surface area contributed by atoms with Gasteiger partial charge in [-0.1, -0.05) is 6.07 Å². The Bertz CT molecular complexity index is 359. The maximum Gasteiger partial charge on any atom is 0.125 e. The lowest BCUT2D eigenvalue weighted by atomic mass is 10.1. The van der Waals surface area contributed by atoms with Crippen LogP contribution in [0.3, 0.4) is 0 Å². The van der Waals surface area contributed by atoms with Crippen molar-refractivity contribution in [3.05, 3.63) is 29.3 Å². The molecule has 0 aromatic heterocycles. The minimum absolute atomic E-state index is 0.165. The van der Waals surface area contributed by atoms with E-state index in [4.69, 9.17) is 14.2 Å². The van der Waals surface area contributed by atoms with Crippen molar-refractivity contribution in [3.8, 4) is 5.75 Å². The first-order valence-electron chi connectivity index (χ1n) is 6.42. The van der Waals surface area contributed by atoms with Gasteiger partial charge in [-0.3, -0.25) is 0 Å². The third-order valence-electron chi connectivity index (χ3n) is 2.37. The maximum atomic E-state index is 5.76. The molecule has 0 fully saturated rings. The SMILES string of the molecule is COCc1cc(COC(C)C)ccc1OC(C)C. The predicted molar refractivity (Wildman–Crippen MR) is 72.8 cm³/mol. The first kappa shape index (κ1) is 15.0. The Morgan fingerprint density at radius 1 is 1.00 bits per heavy atom. The molecule has 3 nitrogen and oxygen atoms in total. The van der Waals surface area contributed by atoms with Gasteiger partial charge in [0, 0.05) is 12.7 Å². The summed E-state index contributed by atoms with van der Waals surface area (Å²) in [6.07, 6.45) is 0.404. The molecule has 3 heteroatoms. The molecule has 0 aliphatic rings. The smallest absolute Gasteiger partial charge is 0.125 e. The summed E-state index contributed by atoms with van der Waals surface area (Å²) in [6.45, 7) is 9.28. The molecular formula is C15H24O3. The van der Waals surface area contributed by atoms with E-state index in [9.17, 15) is 0 Å². The lowest BCUT2D eigenvalue weighted by Crippen LogP contribution is -2.09. The molecular weight excluding hydrogens is 228 g/mol. The molecule has 1 aromatic carbocycles. The minimum atomic E-state index is 0.165. The molecule has 0 N–H and O–H groups in total. The fraction of sp³-hybridized carbons (Fsp3) is 0.600. The topological polar surface area (TPSA) is 27.7 Å². The molecule has 18 heavy (non-hydrogen) atoms. The van der Waals surface area contributed by atoms with Gasteiger partial charge in [0.25, 0.3) is 0 Å². The van der Waals surface area contributed by atoms with Crippen molar-refractivity contribution >= 4 is 0 Å². The van der Waals surface area contributed by atoms with Crippen molar-refractivity contribution in [2.45, 2.75) is 53.1 Å². The first-order chi connectivity index (χ1) is 8.52. The zero-order valence-electron chi connectivity index (χ0n) is 12.0. The monoisotopic (exact) mass is 252 g/mol. The van der Waals surface area contributed by atoms with Crippen LogP contribution in [-0.4, -0.2) is 19.3 Å². The van der Waals surface area contributed by atoms with Crippen molar-refractivity contribution in [2.75, 3.05) is 7.11 Å². The van der Waals surface area contributed by atoms with E-state index in [0.29, 0.717) is 13.2 Å².